The summed E-state index contributed by atoms with van der Waals surface area (Å²) < 4.78 is 0. The first-order valence-corrected chi connectivity index (χ1v) is 10.2. The Kier molecular flexibility index (Phi) is 15.6. The largest absolute Gasteiger partial charge is 0.386 e. The summed E-state index contributed by atoms with van der Waals surface area (Å²) in [4.78, 5) is 31.1. The maximum absolute atomic E-state index is 11.2. The second-order valence-corrected chi connectivity index (χ2v) is 7.06. The number of carbonyl (C=O) groups is 1. The van der Waals surface area contributed by atoms with Crippen LogP contribution < -0.4 is 0 Å². The molecule has 4 unspecified atom stereocenters. The molecule has 0 spiro atoms. The minimum absolute atomic E-state index is 0.0132. The quantitative estimate of drug-likeness (QED) is 0.115. The third-order valence-electron chi connectivity index (χ3n) is 4.76. The van der Waals surface area contributed by atoms with Crippen LogP contribution >= 0.6 is 0 Å². The van der Waals surface area contributed by atoms with Crippen LogP contribution in [0.2, 0.25) is 0 Å². The summed E-state index contributed by atoms with van der Waals surface area (Å²) in [7, 11) is 0. The zero-order valence-electron chi connectivity index (χ0n) is 17.1. The van der Waals surface area contributed by atoms with Crippen molar-refractivity contribution in [1.82, 2.24) is 0 Å². The molecule has 4 atom stereocenters. The first kappa shape index (κ1) is 26.9. The highest BCUT2D eigenvalue weighted by atomic mass is 16.6. The molecule has 0 aliphatic heterocycles. The van der Waals surface area contributed by atoms with E-state index in [-0.39, 0.29) is 25.7 Å². The summed E-state index contributed by atoms with van der Waals surface area (Å²) in [5.41, 5.74) is 0. The standard InChI is InChI=1S/C20H34N2O7/c1-2-17(21(26)27)19(24)15-11-10-13-18(22(28)29)20(25)14-9-7-5-3-4-6-8-12-16-23/h7,9-11,16-20,24-25H,2-6,8,12-15H2,1H3/b9-7-,11-10-. The molecule has 0 aliphatic carbocycles. The van der Waals surface area contributed by atoms with E-state index < -0.39 is 34.1 Å². The Bertz CT molecular complexity index is 537. The van der Waals surface area contributed by atoms with Crippen molar-refractivity contribution in [1.29, 1.82) is 0 Å². The molecule has 9 heteroatoms. The maximum atomic E-state index is 11.2. The minimum atomic E-state index is -1.17. The Labute approximate surface area is 171 Å². The number of carbonyl (C=O) groups excluding carboxylic acids is 1. The fraction of sp³-hybridized carbons (Fsp3) is 0.750. The van der Waals surface area contributed by atoms with Gasteiger partial charge in [0.1, 0.15) is 18.5 Å². The average Bonchev–Trinajstić information content (AvgIpc) is 2.66. The lowest BCUT2D eigenvalue weighted by Crippen LogP contribution is -2.33. The van der Waals surface area contributed by atoms with E-state index in [0.717, 1.165) is 38.4 Å². The summed E-state index contributed by atoms with van der Waals surface area (Å²) in [5.74, 6) is 0. The smallest absolute Gasteiger partial charge is 0.242 e. The van der Waals surface area contributed by atoms with Crippen molar-refractivity contribution >= 4 is 6.29 Å². The lowest BCUT2D eigenvalue weighted by atomic mass is 10.0. The molecule has 9 nitrogen and oxygen atoms in total. The number of hydrogen-bond donors (Lipinski definition) is 2. The number of nitro groups is 2. The summed E-state index contributed by atoms with van der Waals surface area (Å²) in [6, 6.07) is -2.24. The van der Waals surface area contributed by atoms with E-state index in [1.54, 1.807) is 13.0 Å². The predicted octanol–water partition coefficient (Wildman–Crippen LogP) is 3.23. The van der Waals surface area contributed by atoms with Crippen LogP contribution in [-0.2, 0) is 4.79 Å². The number of aldehydes is 1. The number of aliphatic hydroxyl groups is 2. The molecular weight excluding hydrogens is 380 g/mol. The SMILES string of the molecule is CCC(C(O)C/C=C\CC(C(O)C/C=C\CCCCCCC=O)[N+](=O)[O-])[N+](=O)[O-]. The zero-order valence-corrected chi connectivity index (χ0v) is 17.1. The maximum Gasteiger partial charge on any atom is 0.242 e. The topological polar surface area (TPSA) is 144 Å². The number of allylic oxidation sites excluding steroid dienone is 1. The predicted molar refractivity (Wildman–Crippen MR) is 110 cm³/mol. The van der Waals surface area contributed by atoms with Gasteiger partial charge in [-0.05, 0) is 32.1 Å². The Morgan fingerprint density at radius 2 is 1.24 bits per heavy atom. The Morgan fingerprint density at radius 1 is 0.759 bits per heavy atom. The van der Waals surface area contributed by atoms with Crippen molar-refractivity contribution in [3.8, 4) is 0 Å². The molecule has 0 fully saturated rings. The summed E-state index contributed by atoms with van der Waals surface area (Å²) in [6.45, 7) is 1.61. The van der Waals surface area contributed by atoms with E-state index >= 15 is 0 Å². The van der Waals surface area contributed by atoms with Gasteiger partial charge in [0.2, 0.25) is 12.1 Å². The van der Waals surface area contributed by atoms with Crippen molar-refractivity contribution < 1.29 is 24.9 Å². The van der Waals surface area contributed by atoms with Gasteiger partial charge in [-0.1, -0.05) is 44.1 Å². The molecule has 0 bridgehead atoms. The van der Waals surface area contributed by atoms with Gasteiger partial charge in [0, 0.05) is 29.1 Å². The highest BCUT2D eigenvalue weighted by molar-refractivity contribution is 5.48. The number of unbranched alkanes of at least 4 members (excludes halogenated alkanes) is 5. The lowest BCUT2D eigenvalue weighted by Gasteiger charge is -2.14. The molecule has 0 saturated carbocycles. The fourth-order valence-electron chi connectivity index (χ4n) is 2.93. The van der Waals surface area contributed by atoms with E-state index in [2.05, 4.69) is 0 Å². The Balaban J connectivity index is 4.28. The Morgan fingerprint density at radius 3 is 1.76 bits per heavy atom. The van der Waals surface area contributed by atoms with Gasteiger partial charge in [-0.15, -0.1) is 0 Å². The van der Waals surface area contributed by atoms with Gasteiger partial charge < -0.3 is 15.0 Å². The fourth-order valence-corrected chi connectivity index (χ4v) is 2.93. The number of rotatable bonds is 18. The molecule has 0 aliphatic rings. The van der Waals surface area contributed by atoms with Crippen LogP contribution in [0.4, 0.5) is 0 Å². The molecule has 0 rings (SSSR count). The molecule has 0 aromatic heterocycles. The monoisotopic (exact) mass is 414 g/mol. The van der Waals surface area contributed by atoms with Gasteiger partial charge >= 0.3 is 0 Å². The minimum Gasteiger partial charge on any atom is -0.386 e. The molecule has 2 N–H and O–H groups in total. The normalized spacial score (nSPS) is 16.0. The molecule has 29 heavy (non-hydrogen) atoms. The zero-order chi connectivity index (χ0) is 22.1. The van der Waals surface area contributed by atoms with Crippen LogP contribution in [0.15, 0.2) is 24.3 Å². The highest BCUT2D eigenvalue weighted by Crippen LogP contribution is 2.12. The third kappa shape index (κ3) is 12.8. The van der Waals surface area contributed by atoms with Crippen LogP contribution in [0.5, 0.6) is 0 Å². The highest BCUT2D eigenvalue weighted by Gasteiger charge is 2.28. The van der Waals surface area contributed by atoms with Crippen molar-refractivity contribution in [3.05, 3.63) is 44.5 Å². The number of aliphatic hydroxyl groups excluding tert-OH is 2. The van der Waals surface area contributed by atoms with Gasteiger partial charge in [0.15, 0.2) is 0 Å². The Hall–Kier alpha value is -2.13. The molecule has 0 radical (unpaired) electrons. The average molecular weight is 414 g/mol. The molecule has 0 aromatic carbocycles. The first-order chi connectivity index (χ1) is 13.8. The van der Waals surface area contributed by atoms with Crippen LogP contribution in [0.1, 0.15) is 71.1 Å². The summed E-state index contributed by atoms with van der Waals surface area (Å²) in [6.07, 6.45) is 10.9. The van der Waals surface area contributed by atoms with Gasteiger partial charge in [-0.25, -0.2) is 0 Å². The molecule has 0 aromatic rings. The molecule has 0 heterocycles. The molecule has 0 saturated heterocycles. The summed E-state index contributed by atoms with van der Waals surface area (Å²) >= 11 is 0. The summed E-state index contributed by atoms with van der Waals surface area (Å²) in [5, 5.41) is 41.9. The second kappa shape index (κ2) is 16.8. The van der Waals surface area contributed by atoms with Crippen LogP contribution in [0, 0.1) is 20.2 Å². The van der Waals surface area contributed by atoms with Crippen LogP contribution in [0.25, 0.3) is 0 Å². The van der Waals surface area contributed by atoms with E-state index in [9.17, 15) is 35.2 Å². The molecule has 166 valence electrons. The van der Waals surface area contributed by atoms with Crippen molar-refractivity contribution in [3.63, 3.8) is 0 Å². The van der Waals surface area contributed by atoms with Crippen LogP contribution in [-0.4, -0.2) is 50.6 Å². The van der Waals surface area contributed by atoms with E-state index in [1.807, 2.05) is 6.08 Å². The first-order valence-electron chi connectivity index (χ1n) is 10.2. The molecule has 0 amide bonds. The van der Waals surface area contributed by atoms with Gasteiger partial charge in [0.05, 0.1) is 0 Å². The van der Waals surface area contributed by atoms with E-state index in [0.29, 0.717) is 6.42 Å². The van der Waals surface area contributed by atoms with Crippen molar-refractivity contribution in [2.75, 3.05) is 0 Å². The molecular formula is C20H34N2O7. The lowest BCUT2D eigenvalue weighted by molar-refractivity contribution is -0.534. The van der Waals surface area contributed by atoms with E-state index in [1.165, 1.54) is 12.2 Å². The van der Waals surface area contributed by atoms with Gasteiger partial charge in [-0.2, -0.15) is 0 Å². The second-order valence-electron chi connectivity index (χ2n) is 7.06. The van der Waals surface area contributed by atoms with Crippen molar-refractivity contribution in [2.45, 2.75) is 95.4 Å². The van der Waals surface area contributed by atoms with Crippen molar-refractivity contribution in [2.24, 2.45) is 0 Å². The van der Waals surface area contributed by atoms with Crippen LogP contribution in [0.3, 0.4) is 0 Å². The third-order valence-corrected chi connectivity index (χ3v) is 4.76. The van der Waals surface area contributed by atoms with Gasteiger partial charge in [-0.3, -0.25) is 20.2 Å². The number of hydrogen-bond acceptors (Lipinski definition) is 7. The number of nitrogens with zero attached hydrogens (tertiary/aromatic N) is 2. The van der Waals surface area contributed by atoms with E-state index in [4.69, 9.17) is 0 Å². The van der Waals surface area contributed by atoms with Gasteiger partial charge in [0.25, 0.3) is 0 Å².